The van der Waals surface area contributed by atoms with E-state index in [1.807, 2.05) is 46.0 Å². The minimum atomic E-state index is -0.198. The van der Waals surface area contributed by atoms with E-state index in [1.165, 1.54) is 11.3 Å². The van der Waals surface area contributed by atoms with Crippen LogP contribution in [0.15, 0.2) is 24.4 Å². The van der Waals surface area contributed by atoms with E-state index in [1.54, 1.807) is 18.0 Å². The molecule has 0 saturated carbocycles. The van der Waals surface area contributed by atoms with Gasteiger partial charge in [-0.15, -0.1) is 0 Å². The number of carbonyl (C=O) groups is 1. The summed E-state index contributed by atoms with van der Waals surface area (Å²) in [5.41, 5.74) is 3.55. The zero-order valence-electron chi connectivity index (χ0n) is 15.4. The van der Waals surface area contributed by atoms with Crippen LogP contribution in [0.2, 0.25) is 0 Å². The summed E-state index contributed by atoms with van der Waals surface area (Å²) in [7, 11) is 3.47. The van der Waals surface area contributed by atoms with E-state index >= 15 is 0 Å². The number of ether oxygens (including phenoxy) is 1. The molecule has 0 aliphatic heterocycles. The standard InChI is InChI=1S/C18H21N5O2S/c1-10-6-7-13(25-5)12(3)16(10)21-17(24)14-9-19-18(26-14)20-15-8-11(2)22-23(15)4/h6-9H,1-5H3,(H,19,20)(H,21,24). The maximum absolute atomic E-state index is 12.6. The van der Waals surface area contributed by atoms with Crippen LogP contribution in [0.3, 0.4) is 0 Å². The first-order valence-electron chi connectivity index (χ1n) is 8.08. The summed E-state index contributed by atoms with van der Waals surface area (Å²) in [5, 5.41) is 11.1. The summed E-state index contributed by atoms with van der Waals surface area (Å²) in [4.78, 5) is 17.4. The Labute approximate surface area is 156 Å². The maximum Gasteiger partial charge on any atom is 0.267 e. The molecule has 0 atom stereocenters. The van der Waals surface area contributed by atoms with Crippen molar-refractivity contribution >= 4 is 33.9 Å². The van der Waals surface area contributed by atoms with Crippen molar-refractivity contribution in [2.75, 3.05) is 17.7 Å². The van der Waals surface area contributed by atoms with E-state index in [0.29, 0.717) is 10.0 Å². The zero-order valence-corrected chi connectivity index (χ0v) is 16.2. The van der Waals surface area contributed by atoms with E-state index < -0.39 is 0 Å². The van der Waals surface area contributed by atoms with Crippen molar-refractivity contribution in [3.8, 4) is 5.75 Å². The number of hydrogen-bond acceptors (Lipinski definition) is 6. The molecule has 0 unspecified atom stereocenters. The van der Waals surface area contributed by atoms with Crippen LogP contribution in [0.25, 0.3) is 0 Å². The van der Waals surface area contributed by atoms with Crippen LogP contribution in [-0.2, 0) is 7.05 Å². The van der Waals surface area contributed by atoms with Gasteiger partial charge in [-0.1, -0.05) is 17.4 Å². The van der Waals surface area contributed by atoms with Crippen molar-refractivity contribution in [1.29, 1.82) is 0 Å². The Kier molecular flexibility index (Phi) is 4.94. The molecule has 0 aliphatic rings. The molecule has 7 nitrogen and oxygen atoms in total. The van der Waals surface area contributed by atoms with Gasteiger partial charge >= 0.3 is 0 Å². The lowest BCUT2D eigenvalue weighted by molar-refractivity contribution is 0.103. The number of benzene rings is 1. The van der Waals surface area contributed by atoms with Crippen LogP contribution < -0.4 is 15.4 Å². The number of thiazole rings is 1. The molecule has 3 rings (SSSR count). The van der Waals surface area contributed by atoms with Gasteiger partial charge in [0, 0.05) is 18.7 Å². The quantitative estimate of drug-likeness (QED) is 0.713. The van der Waals surface area contributed by atoms with Gasteiger partial charge in [-0.2, -0.15) is 5.10 Å². The van der Waals surface area contributed by atoms with Crippen LogP contribution in [0.1, 0.15) is 26.5 Å². The molecule has 0 fully saturated rings. The fraction of sp³-hybridized carbons (Fsp3) is 0.278. The summed E-state index contributed by atoms with van der Waals surface area (Å²) >= 11 is 1.29. The molecule has 1 amide bonds. The molecule has 8 heteroatoms. The molecular formula is C18H21N5O2S. The largest absolute Gasteiger partial charge is 0.496 e. The number of aryl methyl sites for hydroxylation is 3. The number of nitrogens with zero attached hydrogens (tertiary/aromatic N) is 3. The van der Waals surface area contributed by atoms with Gasteiger partial charge in [0.25, 0.3) is 5.91 Å². The third-order valence-electron chi connectivity index (χ3n) is 4.05. The Bertz CT molecular complexity index is 961. The molecule has 0 aliphatic carbocycles. The molecule has 2 N–H and O–H groups in total. The average Bonchev–Trinajstić information content (AvgIpc) is 3.18. The number of carbonyl (C=O) groups excluding carboxylic acids is 1. The van der Waals surface area contributed by atoms with Crippen LogP contribution in [0, 0.1) is 20.8 Å². The molecule has 2 heterocycles. The Morgan fingerprint density at radius 1 is 1.27 bits per heavy atom. The van der Waals surface area contributed by atoms with E-state index in [9.17, 15) is 4.79 Å². The Morgan fingerprint density at radius 3 is 2.69 bits per heavy atom. The SMILES string of the molecule is COc1ccc(C)c(NC(=O)c2cnc(Nc3cc(C)nn3C)s2)c1C. The van der Waals surface area contributed by atoms with Gasteiger partial charge in [-0.25, -0.2) is 4.98 Å². The van der Waals surface area contributed by atoms with Crippen molar-refractivity contribution < 1.29 is 9.53 Å². The lowest BCUT2D eigenvalue weighted by Crippen LogP contribution is -2.12. The minimum absolute atomic E-state index is 0.198. The van der Waals surface area contributed by atoms with Gasteiger partial charge in [0.15, 0.2) is 5.13 Å². The predicted molar refractivity (Wildman–Crippen MR) is 104 cm³/mol. The van der Waals surface area contributed by atoms with E-state index in [-0.39, 0.29) is 5.91 Å². The third-order valence-corrected chi connectivity index (χ3v) is 4.96. The molecule has 0 saturated heterocycles. The van der Waals surface area contributed by atoms with Gasteiger partial charge in [0.2, 0.25) is 0 Å². The van der Waals surface area contributed by atoms with Gasteiger partial charge in [-0.05, 0) is 32.4 Å². The zero-order chi connectivity index (χ0) is 18.8. The highest BCUT2D eigenvalue weighted by Crippen LogP contribution is 2.30. The van der Waals surface area contributed by atoms with E-state index in [0.717, 1.165) is 34.1 Å². The van der Waals surface area contributed by atoms with Gasteiger partial charge in [-0.3, -0.25) is 9.48 Å². The summed E-state index contributed by atoms with van der Waals surface area (Å²) in [6.07, 6.45) is 1.57. The maximum atomic E-state index is 12.6. The lowest BCUT2D eigenvalue weighted by Gasteiger charge is -2.14. The molecule has 2 aromatic heterocycles. The van der Waals surface area contributed by atoms with E-state index in [4.69, 9.17) is 4.74 Å². The van der Waals surface area contributed by atoms with E-state index in [2.05, 4.69) is 20.7 Å². The average molecular weight is 371 g/mol. The second-order valence-corrected chi connectivity index (χ2v) is 7.02. The molecule has 1 aromatic carbocycles. The third kappa shape index (κ3) is 3.55. The Morgan fingerprint density at radius 2 is 2.04 bits per heavy atom. The summed E-state index contributed by atoms with van der Waals surface area (Å²) in [6, 6.07) is 5.74. The fourth-order valence-corrected chi connectivity index (χ4v) is 3.41. The van der Waals surface area contributed by atoms with Gasteiger partial charge in [0.05, 0.1) is 24.7 Å². The van der Waals surface area contributed by atoms with Crippen LogP contribution >= 0.6 is 11.3 Å². The normalized spacial score (nSPS) is 10.7. The molecule has 3 aromatic rings. The van der Waals surface area contributed by atoms with Crippen molar-refractivity contribution in [1.82, 2.24) is 14.8 Å². The molecular weight excluding hydrogens is 350 g/mol. The number of anilines is 3. The van der Waals surface area contributed by atoms with Crippen molar-refractivity contribution in [2.45, 2.75) is 20.8 Å². The highest BCUT2D eigenvalue weighted by molar-refractivity contribution is 7.17. The molecule has 0 bridgehead atoms. The van der Waals surface area contributed by atoms with Crippen molar-refractivity contribution in [2.24, 2.45) is 7.05 Å². The first kappa shape index (κ1) is 17.9. The first-order chi connectivity index (χ1) is 12.4. The first-order valence-corrected chi connectivity index (χ1v) is 8.89. The van der Waals surface area contributed by atoms with Gasteiger partial charge < -0.3 is 15.4 Å². The summed E-state index contributed by atoms with van der Waals surface area (Å²) < 4.78 is 7.07. The number of nitrogens with one attached hydrogen (secondary N) is 2. The second kappa shape index (κ2) is 7.17. The highest BCUT2D eigenvalue weighted by Gasteiger charge is 2.16. The molecule has 0 radical (unpaired) electrons. The molecule has 136 valence electrons. The summed E-state index contributed by atoms with van der Waals surface area (Å²) in [6.45, 7) is 5.79. The second-order valence-electron chi connectivity index (χ2n) is 5.99. The fourth-order valence-electron chi connectivity index (χ4n) is 2.69. The Hall–Kier alpha value is -2.87. The highest BCUT2D eigenvalue weighted by atomic mass is 32.1. The number of rotatable bonds is 5. The van der Waals surface area contributed by atoms with Gasteiger partial charge in [0.1, 0.15) is 16.4 Å². The van der Waals surface area contributed by atoms with Crippen LogP contribution in [-0.4, -0.2) is 27.8 Å². The van der Waals surface area contributed by atoms with Crippen molar-refractivity contribution in [3.05, 3.63) is 46.1 Å². The Balaban J connectivity index is 1.78. The van der Waals surface area contributed by atoms with Crippen molar-refractivity contribution in [3.63, 3.8) is 0 Å². The minimum Gasteiger partial charge on any atom is -0.496 e. The lowest BCUT2D eigenvalue weighted by atomic mass is 10.1. The predicted octanol–water partition coefficient (Wildman–Crippen LogP) is 3.81. The summed E-state index contributed by atoms with van der Waals surface area (Å²) in [5.74, 6) is 1.36. The van der Waals surface area contributed by atoms with Crippen LogP contribution in [0.4, 0.5) is 16.6 Å². The number of amides is 1. The number of hydrogen-bond donors (Lipinski definition) is 2. The monoisotopic (exact) mass is 371 g/mol. The molecule has 0 spiro atoms. The number of methoxy groups -OCH3 is 1. The van der Waals surface area contributed by atoms with Crippen LogP contribution in [0.5, 0.6) is 5.75 Å². The smallest absolute Gasteiger partial charge is 0.267 e. The molecule has 26 heavy (non-hydrogen) atoms. The number of aromatic nitrogens is 3. The topological polar surface area (TPSA) is 81.1 Å².